The summed E-state index contributed by atoms with van der Waals surface area (Å²) < 4.78 is 0. The van der Waals surface area contributed by atoms with Gasteiger partial charge in [-0.15, -0.1) is 0 Å². The van der Waals surface area contributed by atoms with Crippen molar-refractivity contribution in [1.29, 1.82) is 0 Å². The highest BCUT2D eigenvalue weighted by Crippen LogP contribution is 2.53. The Balaban J connectivity index is 1.26. The lowest BCUT2D eigenvalue weighted by Crippen LogP contribution is -2.55. The molecule has 4 saturated carbocycles. The van der Waals surface area contributed by atoms with Crippen LogP contribution in [0.4, 0.5) is 5.69 Å². The topological polar surface area (TPSA) is 24.1 Å². The standard InChI is InChI=1S/C18H26N2/c1-2-4-17(5-3-1)19-6-7-20-18-15-9-13-8-14(11-15)12-16(18)10-13/h1-5,13-16,18-20H,6-12H2. The third-order valence-corrected chi connectivity index (χ3v) is 5.83. The van der Waals surface area contributed by atoms with E-state index in [4.69, 9.17) is 0 Å². The first-order chi connectivity index (χ1) is 9.88. The van der Waals surface area contributed by atoms with Crippen molar-refractivity contribution in [3.05, 3.63) is 30.3 Å². The van der Waals surface area contributed by atoms with Gasteiger partial charge < -0.3 is 10.6 Å². The lowest BCUT2D eigenvalue weighted by molar-refractivity contribution is -0.0130. The molecule has 4 aliphatic carbocycles. The van der Waals surface area contributed by atoms with Gasteiger partial charge in [-0.2, -0.15) is 0 Å². The van der Waals surface area contributed by atoms with Crippen LogP contribution in [0.3, 0.4) is 0 Å². The van der Waals surface area contributed by atoms with Gasteiger partial charge in [0.1, 0.15) is 0 Å². The van der Waals surface area contributed by atoms with Crippen molar-refractivity contribution in [2.24, 2.45) is 23.7 Å². The van der Waals surface area contributed by atoms with E-state index in [1.54, 1.807) is 6.42 Å². The zero-order valence-corrected chi connectivity index (χ0v) is 12.2. The molecule has 1 aromatic rings. The third-order valence-electron chi connectivity index (χ3n) is 5.83. The molecule has 0 aliphatic heterocycles. The second-order valence-corrected chi connectivity index (χ2v) is 7.20. The van der Waals surface area contributed by atoms with Gasteiger partial charge in [-0.25, -0.2) is 0 Å². The fourth-order valence-corrected chi connectivity index (χ4v) is 5.26. The van der Waals surface area contributed by atoms with E-state index in [1.807, 2.05) is 0 Å². The van der Waals surface area contributed by atoms with Gasteiger partial charge in [0.2, 0.25) is 0 Å². The van der Waals surface area contributed by atoms with Crippen LogP contribution in [0.15, 0.2) is 30.3 Å². The monoisotopic (exact) mass is 270 g/mol. The quantitative estimate of drug-likeness (QED) is 0.800. The maximum absolute atomic E-state index is 3.87. The van der Waals surface area contributed by atoms with Crippen LogP contribution in [0.2, 0.25) is 0 Å². The zero-order valence-electron chi connectivity index (χ0n) is 12.2. The molecule has 1 aromatic carbocycles. The first-order valence-corrected chi connectivity index (χ1v) is 8.41. The average molecular weight is 270 g/mol. The molecule has 2 heteroatoms. The van der Waals surface area contributed by atoms with Crippen LogP contribution >= 0.6 is 0 Å². The molecule has 20 heavy (non-hydrogen) atoms. The van der Waals surface area contributed by atoms with Gasteiger partial charge in [0, 0.05) is 24.8 Å². The maximum atomic E-state index is 3.87. The predicted octanol–water partition coefficient (Wildman–Crippen LogP) is 3.51. The molecule has 0 heterocycles. The van der Waals surface area contributed by atoms with Gasteiger partial charge in [-0.1, -0.05) is 18.2 Å². The minimum atomic E-state index is 0.820. The molecule has 0 aromatic heterocycles. The van der Waals surface area contributed by atoms with Crippen LogP contribution in [0.1, 0.15) is 32.1 Å². The highest BCUT2D eigenvalue weighted by Gasteiger charge is 2.47. The van der Waals surface area contributed by atoms with Crippen molar-refractivity contribution in [2.45, 2.75) is 38.1 Å². The van der Waals surface area contributed by atoms with Crippen LogP contribution in [-0.4, -0.2) is 19.1 Å². The molecule has 5 rings (SSSR count). The molecule has 0 amide bonds. The predicted molar refractivity (Wildman–Crippen MR) is 83.8 cm³/mol. The van der Waals surface area contributed by atoms with Gasteiger partial charge in [0.25, 0.3) is 0 Å². The van der Waals surface area contributed by atoms with Crippen LogP contribution in [0.25, 0.3) is 0 Å². The third kappa shape index (κ3) is 2.46. The molecule has 0 radical (unpaired) electrons. The summed E-state index contributed by atoms with van der Waals surface area (Å²) in [4.78, 5) is 0. The van der Waals surface area contributed by atoms with E-state index in [2.05, 4.69) is 41.0 Å². The molecule has 0 spiro atoms. The van der Waals surface area contributed by atoms with Gasteiger partial charge in [0.05, 0.1) is 0 Å². The highest BCUT2D eigenvalue weighted by atomic mass is 15.0. The Hall–Kier alpha value is -1.02. The van der Waals surface area contributed by atoms with Crippen LogP contribution < -0.4 is 10.6 Å². The zero-order chi connectivity index (χ0) is 13.4. The van der Waals surface area contributed by atoms with Gasteiger partial charge in [-0.3, -0.25) is 0 Å². The van der Waals surface area contributed by atoms with E-state index in [0.717, 1.165) is 42.8 Å². The molecular weight excluding hydrogens is 244 g/mol. The van der Waals surface area contributed by atoms with Gasteiger partial charge in [0.15, 0.2) is 0 Å². The number of benzene rings is 1. The van der Waals surface area contributed by atoms with Crippen LogP contribution in [-0.2, 0) is 0 Å². The molecule has 4 aliphatic rings. The summed E-state index contributed by atoms with van der Waals surface area (Å²) in [7, 11) is 0. The van der Waals surface area contributed by atoms with E-state index < -0.39 is 0 Å². The number of para-hydroxylation sites is 1. The minimum Gasteiger partial charge on any atom is -0.384 e. The summed E-state index contributed by atoms with van der Waals surface area (Å²) in [6.45, 7) is 2.13. The summed E-state index contributed by atoms with van der Waals surface area (Å²) in [6.07, 6.45) is 7.59. The summed E-state index contributed by atoms with van der Waals surface area (Å²) in [5.41, 5.74) is 1.24. The Kier molecular flexibility index (Phi) is 3.43. The number of hydrogen-bond acceptors (Lipinski definition) is 2. The summed E-state index contributed by atoms with van der Waals surface area (Å²) >= 11 is 0. The Morgan fingerprint density at radius 2 is 1.45 bits per heavy atom. The lowest BCUT2D eigenvalue weighted by atomic mass is 9.54. The second kappa shape index (κ2) is 5.40. The van der Waals surface area contributed by atoms with Crippen molar-refractivity contribution in [2.75, 3.05) is 18.4 Å². The van der Waals surface area contributed by atoms with Crippen molar-refractivity contribution in [3.63, 3.8) is 0 Å². The normalized spacial score (nSPS) is 38.1. The number of nitrogens with one attached hydrogen (secondary N) is 2. The first-order valence-electron chi connectivity index (χ1n) is 8.41. The number of rotatable bonds is 5. The van der Waals surface area contributed by atoms with Crippen molar-refractivity contribution >= 4 is 5.69 Å². The Morgan fingerprint density at radius 3 is 2.10 bits per heavy atom. The minimum absolute atomic E-state index is 0.820. The van der Waals surface area contributed by atoms with Gasteiger partial charge in [-0.05, 0) is 67.9 Å². The molecule has 2 nitrogen and oxygen atoms in total. The Labute approximate surface area is 122 Å². The van der Waals surface area contributed by atoms with E-state index in [0.29, 0.717) is 0 Å². The summed E-state index contributed by atoms with van der Waals surface area (Å²) in [6, 6.07) is 11.4. The highest BCUT2D eigenvalue weighted by molar-refractivity contribution is 5.42. The molecule has 108 valence electrons. The smallest absolute Gasteiger partial charge is 0.0340 e. The fraction of sp³-hybridized carbons (Fsp3) is 0.667. The number of anilines is 1. The molecule has 0 atom stereocenters. The molecule has 0 unspecified atom stereocenters. The summed E-state index contributed by atoms with van der Waals surface area (Å²) in [5, 5.41) is 7.38. The van der Waals surface area contributed by atoms with Crippen molar-refractivity contribution < 1.29 is 0 Å². The van der Waals surface area contributed by atoms with Gasteiger partial charge >= 0.3 is 0 Å². The van der Waals surface area contributed by atoms with Crippen LogP contribution in [0, 0.1) is 23.7 Å². The fourth-order valence-electron chi connectivity index (χ4n) is 5.26. The number of hydrogen-bond donors (Lipinski definition) is 2. The molecule has 4 bridgehead atoms. The molecule has 2 N–H and O–H groups in total. The van der Waals surface area contributed by atoms with Crippen molar-refractivity contribution in [1.82, 2.24) is 5.32 Å². The summed E-state index contributed by atoms with van der Waals surface area (Å²) in [5.74, 6) is 4.14. The SMILES string of the molecule is c1ccc(NCCNC2C3CC4CC(C3)CC2C4)cc1. The molecule has 0 saturated heterocycles. The van der Waals surface area contributed by atoms with Crippen molar-refractivity contribution in [3.8, 4) is 0 Å². The van der Waals surface area contributed by atoms with E-state index in [1.165, 1.54) is 31.4 Å². The molecule has 4 fully saturated rings. The van der Waals surface area contributed by atoms with E-state index >= 15 is 0 Å². The van der Waals surface area contributed by atoms with Crippen LogP contribution in [0.5, 0.6) is 0 Å². The lowest BCUT2D eigenvalue weighted by Gasteiger charge is -2.54. The molecular formula is C18H26N2. The average Bonchev–Trinajstić information content (AvgIpc) is 2.46. The maximum Gasteiger partial charge on any atom is 0.0340 e. The first kappa shape index (κ1) is 12.7. The van der Waals surface area contributed by atoms with E-state index in [-0.39, 0.29) is 0 Å². The Bertz CT molecular complexity index is 414. The van der Waals surface area contributed by atoms with E-state index in [9.17, 15) is 0 Å². The second-order valence-electron chi connectivity index (χ2n) is 7.20. The largest absolute Gasteiger partial charge is 0.384 e. The Morgan fingerprint density at radius 1 is 0.800 bits per heavy atom.